The second-order valence-electron chi connectivity index (χ2n) is 5.39. The van der Waals surface area contributed by atoms with Gasteiger partial charge in [-0.05, 0) is 42.5 Å². The maximum Gasteiger partial charge on any atom is 0.338 e. The summed E-state index contributed by atoms with van der Waals surface area (Å²) in [6, 6.07) is 13.2. The van der Waals surface area contributed by atoms with E-state index in [1.165, 1.54) is 0 Å². The molecule has 3 aromatic rings. The van der Waals surface area contributed by atoms with Gasteiger partial charge in [0.1, 0.15) is 11.6 Å². The number of hydrogen-bond acceptors (Lipinski definition) is 3. The predicted octanol–water partition coefficient (Wildman–Crippen LogP) is 3.55. The van der Waals surface area contributed by atoms with Gasteiger partial charge in [-0.25, -0.2) is 13.6 Å². The van der Waals surface area contributed by atoms with Crippen molar-refractivity contribution in [1.82, 2.24) is 4.57 Å². The summed E-state index contributed by atoms with van der Waals surface area (Å²) in [6.45, 7) is -0.594. The number of ether oxygens (including phenoxy) is 1. The lowest BCUT2D eigenvalue weighted by Gasteiger charge is -2.09. The molecule has 0 aliphatic heterocycles. The third-order valence-corrected chi connectivity index (χ3v) is 3.52. The molecule has 0 radical (unpaired) electrons. The lowest BCUT2D eigenvalue weighted by molar-refractivity contribution is -0.119. The molecule has 132 valence electrons. The van der Waals surface area contributed by atoms with Gasteiger partial charge in [-0.15, -0.1) is 0 Å². The van der Waals surface area contributed by atoms with Gasteiger partial charge < -0.3 is 14.6 Å². The Bertz CT molecular complexity index is 940. The molecule has 26 heavy (non-hydrogen) atoms. The molecule has 0 aliphatic rings. The van der Waals surface area contributed by atoms with Gasteiger partial charge in [0.15, 0.2) is 6.61 Å². The van der Waals surface area contributed by atoms with Gasteiger partial charge in [0.2, 0.25) is 0 Å². The van der Waals surface area contributed by atoms with E-state index in [-0.39, 0.29) is 11.3 Å². The van der Waals surface area contributed by atoms with Gasteiger partial charge in [0.05, 0.1) is 11.3 Å². The van der Waals surface area contributed by atoms with Crippen LogP contribution in [0.15, 0.2) is 67.0 Å². The molecule has 0 fully saturated rings. The number of nitrogens with zero attached hydrogens (tertiary/aromatic N) is 1. The fraction of sp³-hybridized carbons (Fsp3) is 0.0526. The maximum atomic E-state index is 13.5. The number of carbonyl (C=O) groups is 2. The van der Waals surface area contributed by atoms with E-state index in [9.17, 15) is 18.4 Å². The van der Waals surface area contributed by atoms with Crippen LogP contribution in [0, 0.1) is 11.6 Å². The fourth-order valence-electron chi connectivity index (χ4n) is 2.29. The zero-order valence-corrected chi connectivity index (χ0v) is 13.5. The zero-order valence-electron chi connectivity index (χ0n) is 13.5. The molecular formula is C19H14F2N2O3. The van der Waals surface area contributed by atoms with Gasteiger partial charge >= 0.3 is 5.97 Å². The highest BCUT2D eigenvalue weighted by molar-refractivity contribution is 5.95. The van der Waals surface area contributed by atoms with Crippen LogP contribution in [-0.4, -0.2) is 23.1 Å². The number of rotatable bonds is 5. The molecule has 2 aromatic carbocycles. The number of aromatic nitrogens is 1. The SMILES string of the molecule is O=C(COC(=O)c1cccc(-n2cccc2)c1)Nc1ccc(F)cc1F. The van der Waals surface area contributed by atoms with E-state index in [1.807, 2.05) is 35.2 Å². The molecule has 0 atom stereocenters. The smallest absolute Gasteiger partial charge is 0.338 e. The van der Waals surface area contributed by atoms with Crippen molar-refractivity contribution in [2.45, 2.75) is 0 Å². The fourth-order valence-corrected chi connectivity index (χ4v) is 2.29. The second-order valence-corrected chi connectivity index (χ2v) is 5.39. The summed E-state index contributed by atoms with van der Waals surface area (Å²) in [5.41, 5.74) is 0.848. The van der Waals surface area contributed by atoms with Crippen molar-refractivity contribution in [3.63, 3.8) is 0 Å². The second kappa shape index (κ2) is 7.60. The summed E-state index contributed by atoms with van der Waals surface area (Å²) in [7, 11) is 0. The van der Waals surface area contributed by atoms with E-state index in [4.69, 9.17) is 4.74 Å². The van der Waals surface area contributed by atoms with Crippen molar-refractivity contribution in [1.29, 1.82) is 0 Å². The van der Waals surface area contributed by atoms with Crippen molar-refractivity contribution in [3.8, 4) is 5.69 Å². The predicted molar refractivity (Wildman–Crippen MR) is 91.0 cm³/mol. The first-order valence-electron chi connectivity index (χ1n) is 7.68. The number of nitrogens with one attached hydrogen (secondary N) is 1. The lowest BCUT2D eigenvalue weighted by atomic mass is 10.2. The zero-order chi connectivity index (χ0) is 18.5. The van der Waals surface area contributed by atoms with Crippen LogP contribution in [0.4, 0.5) is 14.5 Å². The average molecular weight is 356 g/mol. The summed E-state index contributed by atoms with van der Waals surface area (Å²) in [6.07, 6.45) is 3.66. The number of benzene rings is 2. The van der Waals surface area contributed by atoms with Crippen LogP contribution in [0.2, 0.25) is 0 Å². The van der Waals surface area contributed by atoms with E-state index >= 15 is 0 Å². The minimum Gasteiger partial charge on any atom is -0.452 e. The van der Waals surface area contributed by atoms with Gasteiger partial charge in [0.25, 0.3) is 5.91 Å². The highest BCUT2D eigenvalue weighted by Gasteiger charge is 2.13. The van der Waals surface area contributed by atoms with E-state index < -0.39 is 30.1 Å². The summed E-state index contributed by atoms with van der Waals surface area (Å²) in [5, 5.41) is 2.22. The number of hydrogen-bond donors (Lipinski definition) is 1. The number of halogens is 2. The van der Waals surface area contributed by atoms with E-state index in [0.717, 1.165) is 17.8 Å². The molecule has 1 amide bonds. The Balaban J connectivity index is 1.60. The molecule has 1 N–H and O–H groups in total. The normalized spacial score (nSPS) is 10.4. The standard InChI is InChI=1S/C19H14F2N2O3/c20-14-6-7-17(16(21)11-14)22-18(24)12-26-19(25)13-4-3-5-15(10-13)23-8-1-2-9-23/h1-11H,12H2,(H,22,24). The van der Waals surface area contributed by atoms with E-state index in [1.54, 1.807) is 18.2 Å². The number of carbonyl (C=O) groups excluding carboxylic acids is 2. The Morgan fingerprint density at radius 1 is 1.00 bits per heavy atom. The first-order chi connectivity index (χ1) is 12.5. The molecule has 0 unspecified atom stereocenters. The Labute approximate surface area is 147 Å². The summed E-state index contributed by atoms with van der Waals surface area (Å²) >= 11 is 0. The van der Waals surface area contributed by atoms with Crippen LogP contribution in [-0.2, 0) is 9.53 Å². The van der Waals surface area contributed by atoms with Crippen LogP contribution >= 0.6 is 0 Å². The minimum atomic E-state index is -0.913. The molecule has 0 aliphatic carbocycles. The first kappa shape index (κ1) is 17.3. The van der Waals surface area contributed by atoms with Crippen molar-refractivity contribution >= 4 is 17.6 Å². The van der Waals surface area contributed by atoms with E-state index in [2.05, 4.69) is 5.32 Å². The van der Waals surface area contributed by atoms with Crippen molar-refractivity contribution < 1.29 is 23.1 Å². The summed E-state index contributed by atoms with van der Waals surface area (Å²) in [5.74, 6) is -3.09. The Morgan fingerprint density at radius 2 is 1.77 bits per heavy atom. The van der Waals surface area contributed by atoms with E-state index in [0.29, 0.717) is 6.07 Å². The maximum absolute atomic E-state index is 13.5. The molecular weight excluding hydrogens is 342 g/mol. The first-order valence-corrected chi connectivity index (χ1v) is 7.68. The van der Waals surface area contributed by atoms with Crippen molar-refractivity contribution in [2.75, 3.05) is 11.9 Å². The highest BCUT2D eigenvalue weighted by atomic mass is 19.1. The Hall–Kier alpha value is -3.48. The van der Waals surface area contributed by atoms with Crippen molar-refractivity contribution in [3.05, 3.63) is 84.2 Å². The Morgan fingerprint density at radius 3 is 2.50 bits per heavy atom. The third kappa shape index (κ3) is 4.13. The molecule has 3 rings (SSSR count). The Kier molecular flexibility index (Phi) is 5.07. The molecule has 0 bridgehead atoms. The molecule has 5 nitrogen and oxygen atoms in total. The van der Waals surface area contributed by atoms with Crippen LogP contribution in [0.3, 0.4) is 0 Å². The largest absolute Gasteiger partial charge is 0.452 e. The monoisotopic (exact) mass is 356 g/mol. The van der Waals surface area contributed by atoms with Crippen LogP contribution < -0.4 is 5.32 Å². The third-order valence-electron chi connectivity index (χ3n) is 3.52. The average Bonchev–Trinajstić information content (AvgIpc) is 3.17. The lowest BCUT2D eigenvalue weighted by Crippen LogP contribution is -2.21. The minimum absolute atomic E-state index is 0.193. The summed E-state index contributed by atoms with van der Waals surface area (Å²) < 4.78 is 33.1. The van der Waals surface area contributed by atoms with Gasteiger partial charge in [-0.2, -0.15) is 0 Å². The molecule has 0 spiro atoms. The summed E-state index contributed by atoms with van der Waals surface area (Å²) in [4.78, 5) is 23.9. The van der Waals surface area contributed by atoms with Crippen molar-refractivity contribution in [2.24, 2.45) is 0 Å². The van der Waals surface area contributed by atoms with Gasteiger partial charge in [-0.3, -0.25) is 4.79 Å². The highest BCUT2D eigenvalue weighted by Crippen LogP contribution is 2.15. The molecule has 1 aromatic heterocycles. The molecule has 0 saturated carbocycles. The molecule has 0 saturated heterocycles. The van der Waals surface area contributed by atoms with Crippen LogP contribution in [0.1, 0.15) is 10.4 Å². The quantitative estimate of drug-likeness (QED) is 0.711. The molecule has 1 heterocycles. The number of amides is 1. The molecule has 7 heteroatoms. The van der Waals surface area contributed by atoms with Crippen LogP contribution in [0.25, 0.3) is 5.69 Å². The number of anilines is 1. The van der Waals surface area contributed by atoms with Crippen LogP contribution in [0.5, 0.6) is 0 Å². The van der Waals surface area contributed by atoms with Gasteiger partial charge in [0, 0.05) is 24.1 Å². The number of esters is 1. The topological polar surface area (TPSA) is 60.3 Å². The van der Waals surface area contributed by atoms with Gasteiger partial charge in [-0.1, -0.05) is 6.07 Å².